The van der Waals surface area contributed by atoms with Crippen LogP contribution in [-0.2, 0) is 0 Å². The number of pyridine rings is 1. The van der Waals surface area contributed by atoms with E-state index in [1.807, 2.05) is 27.7 Å². The highest BCUT2D eigenvalue weighted by Crippen LogP contribution is 2.22. The average Bonchev–Trinajstić information content (AvgIpc) is 2.25. The van der Waals surface area contributed by atoms with Crippen LogP contribution in [0.2, 0.25) is 0 Å². The van der Waals surface area contributed by atoms with E-state index in [1.165, 1.54) is 11.1 Å². The van der Waals surface area contributed by atoms with Gasteiger partial charge in [0.25, 0.3) is 0 Å². The molecule has 1 N–H and O–H groups in total. The van der Waals surface area contributed by atoms with Crippen molar-refractivity contribution in [3.8, 4) is 6.07 Å². The van der Waals surface area contributed by atoms with Crippen molar-refractivity contribution in [2.75, 3.05) is 6.54 Å². The summed E-state index contributed by atoms with van der Waals surface area (Å²) in [5.41, 5.74) is 4.29. The lowest BCUT2D eigenvalue weighted by Gasteiger charge is -2.23. The molecule has 0 aliphatic heterocycles. The smallest absolute Gasteiger partial charge is 0.0697 e. The van der Waals surface area contributed by atoms with Crippen molar-refractivity contribution in [1.29, 1.82) is 5.26 Å². The summed E-state index contributed by atoms with van der Waals surface area (Å²) in [4.78, 5) is 4.52. The van der Waals surface area contributed by atoms with Gasteiger partial charge in [-0.3, -0.25) is 4.98 Å². The van der Waals surface area contributed by atoms with Gasteiger partial charge in [-0.1, -0.05) is 0 Å². The molecule has 0 aromatic carbocycles. The number of hydrogen-bond acceptors (Lipinski definition) is 3. The van der Waals surface area contributed by atoms with E-state index in [9.17, 15) is 0 Å². The molecule has 3 heteroatoms. The maximum absolute atomic E-state index is 9.02. The van der Waals surface area contributed by atoms with Gasteiger partial charge in [-0.25, -0.2) is 0 Å². The molecule has 18 heavy (non-hydrogen) atoms. The van der Waals surface area contributed by atoms with Gasteiger partial charge in [-0.15, -0.1) is 0 Å². The molecule has 0 spiro atoms. The van der Waals surface area contributed by atoms with Crippen LogP contribution in [0.3, 0.4) is 0 Å². The molecule has 0 saturated heterocycles. The maximum Gasteiger partial charge on any atom is 0.0697 e. The molecule has 1 heterocycles. The Labute approximate surface area is 110 Å². The summed E-state index contributed by atoms with van der Waals surface area (Å²) in [7, 11) is 0. The van der Waals surface area contributed by atoms with Crippen LogP contribution in [-0.4, -0.2) is 11.5 Å². The quantitative estimate of drug-likeness (QED) is 0.886. The molecule has 1 rings (SSSR count). The molecule has 1 unspecified atom stereocenters. The van der Waals surface area contributed by atoms with Crippen molar-refractivity contribution >= 4 is 0 Å². The van der Waals surface area contributed by atoms with E-state index < -0.39 is 0 Å². The Bertz CT molecular complexity index is 446. The first kappa shape index (κ1) is 14.7. The average molecular weight is 245 g/mol. The van der Waals surface area contributed by atoms with Crippen molar-refractivity contribution in [2.24, 2.45) is 5.41 Å². The van der Waals surface area contributed by atoms with E-state index >= 15 is 0 Å². The molecule has 1 atom stereocenters. The molecule has 1 aromatic heterocycles. The molecule has 0 aliphatic rings. The van der Waals surface area contributed by atoms with Crippen LogP contribution in [0, 0.1) is 37.5 Å². The second kappa shape index (κ2) is 5.49. The number of aryl methyl sites for hydroxylation is 3. The summed E-state index contributed by atoms with van der Waals surface area (Å²) in [6.07, 6.45) is 0. The molecular weight excluding hydrogens is 222 g/mol. The van der Waals surface area contributed by atoms with E-state index in [1.54, 1.807) is 0 Å². The predicted molar refractivity (Wildman–Crippen MR) is 74.3 cm³/mol. The van der Waals surface area contributed by atoms with Gasteiger partial charge >= 0.3 is 0 Å². The van der Waals surface area contributed by atoms with Crippen LogP contribution in [0.4, 0.5) is 0 Å². The van der Waals surface area contributed by atoms with Gasteiger partial charge in [0.2, 0.25) is 0 Å². The largest absolute Gasteiger partial charge is 0.309 e. The van der Waals surface area contributed by atoms with Crippen LogP contribution in [0.15, 0.2) is 6.07 Å². The van der Waals surface area contributed by atoms with Crippen LogP contribution < -0.4 is 5.32 Å². The normalized spacial score (nSPS) is 13.2. The lowest BCUT2D eigenvalue weighted by molar-refractivity contribution is 0.413. The molecule has 98 valence electrons. The topological polar surface area (TPSA) is 48.7 Å². The zero-order valence-electron chi connectivity index (χ0n) is 12.3. The Kier molecular flexibility index (Phi) is 4.48. The number of rotatable bonds is 4. The van der Waals surface area contributed by atoms with Gasteiger partial charge < -0.3 is 5.32 Å². The SMILES string of the molecule is Cc1cc(C)c(C(C)NCC(C)(C)C#N)c(C)n1. The van der Waals surface area contributed by atoms with Crippen molar-refractivity contribution in [2.45, 2.75) is 47.6 Å². The number of nitriles is 1. The number of nitrogens with one attached hydrogen (secondary N) is 1. The Morgan fingerprint density at radius 1 is 1.39 bits per heavy atom. The third-order valence-electron chi connectivity index (χ3n) is 3.17. The van der Waals surface area contributed by atoms with Crippen LogP contribution in [0.25, 0.3) is 0 Å². The van der Waals surface area contributed by atoms with E-state index in [-0.39, 0.29) is 11.5 Å². The predicted octanol–water partition coefficient (Wildman–Crippen LogP) is 3.21. The second-order valence-electron chi connectivity index (χ2n) is 5.68. The van der Waals surface area contributed by atoms with Crippen LogP contribution in [0.1, 0.15) is 49.3 Å². The summed E-state index contributed by atoms with van der Waals surface area (Å²) in [5, 5.41) is 12.4. The highest BCUT2D eigenvalue weighted by Gasteiger charge is 2.19. The summed E-state index contributed by atoms with van der Waals surface area (Å²) in [6.45, 7) is 12.9. The van der Waals surface area contributed by atoms with Gasteiger partial charge in [0.1, 0.15) is 0 Å². The third kappa shape index (κ3) is 3.54. The molecule has 3 nitrogen and oxygen atoms in total. The molecule has 0 bridgehead atoms. The fourth-order valence-corrected chi connectivity index (χ4v) is 2.24. The summed E-state index contributed by atoms with van der Waals surface area (Å²) >= 11 is 0. The third-order valence-corrected chi connectivity index (χ3v) is 3.17. The molecule has 0 saturated carbocycles. The zero-order chi connectivity index (χ0) is 13.9. The van der Waals surface area contributed by atoms with Gasteiger partial charge in [-0.2, -0.15) is 5.26 Å². The Morgan fingerprint density at radius 2 is 2.00 bits per heavy atom. The first-order valence-electron chi connectivity index (χ1n) is 6.36. The van der Waals surface area contributed by atoms with E-state index in [2.05, 4.69) is 36.3 Å². The van der Waals surface area contributed by atoms with Crippen LogP contribution >= 0.6 is 0 Å². The zero-order valence-corrected chi connectivity index (χ0v) is 12.3. The minimum absolute atomic E-state index is 0.214. The Balaban J connectivity index is 2.86. The second-order valence-corrected chi connectivity index (χ2v) is 5.68. The fraction of sp³-hybridized carbons (Fsp3) is 0.600. The van der Waals surface area contributed by atoms with Gasteiger partial charge in [0.15, 0.2) is 0 Å². The standard InChI is InChI=1S/C15H23N3/c1-10-7-11(2)18-13(4)14(10)12(3)17-9-15(5,6)8-16/h7,12,17H,9H2,1-6H3. The summed E-state index contributed by atoms with van der Waals surface area (Å²) in [6, 6.07) is 4.63. The Morgan fingerprint density at radius 3 is 2.50 bits per heavy atom. The molecule has 0 radical (unpaired) electrons. The van der Waals surface area contributed by atoms with Crippen molar-refractivity contribution in [3.05, 3.63) is 28.6 Å². The molecule has 0 amide bonds. The van der Waals surface area contributed by atoms with Gasteiger partial charge in [0.05, 0.1) is 11.5 Å². The number of nitrogens with zero attached hydrogens (tertiary/aromatic N) is 2. The van der Waals surface area contributed by atoms with E-state index in [0.717, 1.165) is 11.4 Å². The molecule has 1 aromatic rings. The van der Waals surface area contributed by atoms with Crippen LogP contribution in [0.5, 0.6) is 0 Å². The summed E-state index contributed by atoms with van der Waals surface area (Å²) in [5.74, 6) is 0. The summed E-state index contributed by atoms with van der Waals surface area (Å²) < 4.78 is 0. The van der Waals surface area contributed by atoms with E-state index in [4.69, 9.17) is 5.26 Å². The van der Waals surface area contributed by atoms with Gasteiger partial charge in [-0.05, 0) is 58.7 Å². The Hall–Kier alpha value is -1.40. The molecule has 0 fully saturated rings. The number of hydrogen-bond donors (Lipinski definition) is 1. The highest BCUT2D eigenvalue weighted by atomic mass is 14.9. The van der Waals surface area contributed by atoms with Crippen molar-refractivity contribution < 1.29 is 0 Å². The first-order chi connectivity index (χ1) is 8.26. The highest BCUT2D eigenvalue weighted by molar-refractivity contribution is 5.33. The minimum atomic E-state index is -0.339. The maximum atomic E-state index is 9.02. The van der Waals surface area contributed by atoms with Crippen molar-refractivity contribution in [1.82, 2.24) is 10.3 Å². The first-order valence-corrected chi connectivity index (χ1v) is 6.36. The molecule has 0 aliphatic carbocycles. The van der Waals surface area contributed by atoms with E-state index in [0.29, 0.717) is 6.54 Å². The molecular formula is C15H23N3. The number of aromatic nitrogens is 1. The van der Waals surface area contributed by atoms with Crippen molar-refractivity contribution in [3.63, 3.8) is 0 Å². The fourth-order valence-electron chi connectivity index (χ4n) is 2.24. The minimum Gasteiger partial charge on any atom is -0.309 e. The van der Waals surface area contributed by atoms with Gasteiger partial charge in [0, 0.05) is 24.0 Å². The lowest BCUT2D eigenvalue weighted by Crippen LogP contribution is -2.31. The lowest BCUT2D eigenvalue weighted by atomic mass is 9.94. The monoisotopic (exact) mass is 245 g/mol.